The fraction of sp³-hybridized carbons (Fsp3) is 0. The molecule has 1 aliphatic rings. The van der Waals surface area contributed by atoms with E-state index in [4.69, 9.17) is 0 Å². The van der Waals surface area contributed by atoms with Gasteiger partial charge in [-0.1, -0.05) is 0 Å². The quantitative estimate of drug-likeness (QED) is 0.320. The summed E-state index contributed by atoms with van der Waals surface area (Å²) in [4.78, 5) is 0. The van der Waals surface area contributed by atoms with Gasteiger partial charge in [-0.05, 0) is 0 Å². The number of nitrogens with zero attached hydrogens (tertiary/aromatic N) is 4. The average Bonchev–Trinajstić information content (AvgIpc) is 1.86. The molecule has 1 heterocycles. The first-order valence-corrected chi connectivity index (χ1v) is 2.18. The van der Waals surface area contributed by atoms with Crippen molar-refractivity contribution in [3.63, 3.8) is 0 Å². The van der Waals surface area contributed by atoms with E-state index in [0.717, 1.165) is 0 Å². The zero-order valence-corrected chi connectivity index (χ0v) is 4.82. The summed E-state index contributed by atoms with van der Waals surface area (Å²) in [7, 11) is 0. The predicted molar refractivity (Wildman–Crippen MR) is 28.2 cm³/mol. The average molecular weight is 195 g/mol. The van der Waals surface area contributed by atoms with Gasteiger partial charge in [0.25, 0.3) is 0 Å². The van der Waals surface area contributed by atoms with E-state index >= 15 is 0 Å². The molecule has 0 saturated heterocycles. The van der Waals surface area contributed by atoms with E-state index in [9.17, 15) is 0 Å². The maximum absolute atomic E-state index is 3.40. The van der Waals surface area contributed by atoms with Crippen LogP contribution in [0.15, 0.2) is 15.5 Å². The molecule has 0 fully saturated rings. The van der Waals surface area contributed by atoms with Gasteiger partial charge in [-0.15, -0.1) is 0 Å². The van der Waals surface area contributed by atoms with Gasteiger partial charge >= 0.3 is 6.34 Å². The van der Waals surface area contributed by atoms with E-state index in [1.54, 1.807) is 0 Å². The molecule has 4 nitrogen and oxygen atoms in total. The van der Waals surface area contributed by atoms with Crippen LogP contribution in [-0.4, -0.2) is 9.56 Å². The maximum Gasteiger partial charge on any atom is 0.581 e. The summed E-state index contributed by atoms with van der Waals surface area (Å²) in [5, 5.41) is 9.92. The fourth-order valence-corrected chi connectivity index (χ4v) is 0.315. The van der Waals surface area contributed by atoms with Gasteiger partial charge in [0.05, 0.1) is 3.22 Å². The van der Waals surface area contributed by atoms with E-state index in [0.29, 0.717) is 0 Å². The largest absolute Gasteiger partial charge is 0.581 e. The van der Waals surface area contributed by atoms with Crippen molar-refractivity contribution in [2.75, 3.05) is 0 Å². The van der Waals surface area contributed by atoms with Crippen LogP contribution in [-0.2, 0) is 0 Å². The second-order valence-electron chi connectivity index (χ2n) is 0.639. The first-order chi connectivity index (χ1) is 2.89. The maximum atomic E-state index is 3.40. The Morgan fingerprint density at radius 2 is 2.50 bits per heavy atom. The summed E-state index contributed by atoms with van der Waals surface area (Å²) < 4.78 is 1.37. The lowest BCUT2D eigenvalue weighted by Gasteiger charge is -1.66. The molecule has 1 rings (SSSR count). The zero-order valence-electron chi connectivity index (χ0n) is 2.67. The van der Waals surface area contributed by atoms with Crippen molar-refractivity contribution in [1.82, 2.24) is 3.22 Å². The Hall–Kier alpha value is -0.290. The van der Waals surface area contributed by atoms with E-state index in [2.05, 4.69) is 21.9 Å². The first-order valence-electron chi connectivity index (χ1n) is 1.22. The van der Waals surface area contributed by atoms with Gasteiger partial charge in [-0.2, -0.15) is 0 Å². The smallest absolute Gasteiger partial charge is 0.0151 e. The fourth-order valence-electron chi connectivity index (χ4n) is 0.132. The molecule has 30 valence electrons. The monoisotopic (exact) mass is 195 g/mol. The Labute approximate surface area is 48.4 Å². The lowest BCUT2D eigenvalue weighted by molar-refractivity contribution is 0.767. The normalized spacial score (nSPS) is 15.8. The van der Waals surface area contributed by atoms with Gasteiger partial charge in [0.15, 0.2) is 28.0 Å². The highest BCUT2D eigenvalue weighted by Crippen LogP contribution is 2.00. The summed E-state index contributed by atoms with van der Waals surface area (Å²) in [5.41, 5.74) is 0. The van der Waals surface area contributed by atoms with Crippen molar-refractivity contribution in [1.29, 1.82) is 0 Å². The zero-order chi connectivity index (χ0) is 4.41. The summed E-state index contributed by atoms with van der Waals surface area (Å²) in [6.07, 6.45) is 2.43. The van der Waals surface area contributed by atoms with Gasteiger partial charge in [0.2, 0.25) is 0 Å². The van der Waals surface area contributed by atoms with Crippen LogP contribution in [0.25, 0.3) is 0 Å². The van der Waals surface area contributed by atoms with Crippen LogP contribution < -0.4 is 0 Å². The van der Waals surface area contributed by atoms with Crippen LogP contribution in [0.5, 0.6) is 0 Å². The van der Waals surface area contributed by atoms with Crippen molar-refractivity contribution in [2.24, 2.45) is 15.5 Å². The Balaban J connectivity index is 2.60. The van der Waals surface area contributed by atoms with Gasteiger partial charge in [0.1, 0.15) is 0 Å². The molecular weight excluding hydrogens is 195 g/mol. The van der Waals surface area contributed by atoms with Crippen LogP contribution in [0.4, 0.5) is 0 Å². The second-order valence-corrected chi connectivity index (χ2v) is 1.55. The molecule has 0 saturated carbocycles. The third-order valence-electron chi connectivity index (χ3n) is 0.290. The molecule has 0 aliphatic carbocycles. The molecule has 5 heteroatoms. The molecule has 0 aromatic heterocycles. The minimum Gasteiger partial charge on any atom is 0.0151 e. The molecular formula is CIN4+. The van der Waals surface area contributed by atoms with Gasteiger partial charge in [-0.3, -0.25) is 0 Å². The second kappa shape index (κ2) is 1.44. The van der Waals surface area contributed by atoms with E-state index in [-0.39, 0.29) is 0 Å². The third kappa shape index (κ3) is 0.605. The number of hydrogen-bond acceptors (Lipinski definition) is 4. The van der Waals surface area contributed by atoms with Crippen LogP contribution in [0.1, 0.15) is 0 Å². The standard InChI is InChI=1S/CIN4/c2-6-1-3-4-5-6/q+1. The van der Waals surface area contributed by atoms with E-state index in [1.807, 2.05) is 22.9 Å². The number of halogens is 1. The summed E-state index contributed by atoms with van der Waals surface area (Å²) >= 11 is 1.90. The van der Waals surface area contributed by atoms with Gasteiger partial charge < -0.3 is 0 Å². The number of rotatable bonds is 0. The predicted octanol–water partition coefficient (Wildman–Crippen LogP) is 0.840. The Morgan fingerprint density at radius 1 is 1.67 bits per heavy atom. The molecule has 0 aromatic carbocycles. The molecule has 0 N–H and O–H groups in total. The van der Waals surface area contributed by atoms with Crippen LogP contribution in [0, 0.1) is 0 Å². The van der Waals surface area contributed by atoms with Gasteiger partial charge in [0, 0.05) is 10.4 Å². The molecule has 0 bridgehead atoms. The topological polar surface area (TPSA) is 40.3 Å². The highest BCUT2D eigenvalue weighted by atomic mass is 127. The van der Waals surface area contributed by atoms with Gasteiger partial charge in [-0.25, -0.2) is 0 Å². The van der Waals surface area contributed by atoms with Crippen molar-refractivity contribution < 1.29 is 0 Å². The Morgan fingerprint density at radius 3 is 2.67 bits per heavy atom. The molecule has 0 aromatic rings. The van der Waals surface area contributed by atoms with Crippen LogP contribution in [0.3, 0.4) is 0 Å². The summed E-state index contributed by atoms with van der Waals surface area (Å²) in [5.74, 6) is 0. The molecule has 0 atom stereocenters. The lowest BCUT2D eigenvalue weighted by atomic mass is 11.4. The van der Waals surface area contributed by atoms with E-state index in [1.165, 1.54) is 3.22 Å². The Kier molecular flexibility index (Phi) is 0.932. The number of hydrogen-bond donors (Lipinski definition) is 0. The summed E-state index contributed by atoms with van der Waals surface area (Å²) in [6.45, 7) is 0. The van der Waals surface area contributed by atoms with Crippen molar-refractivity contribution >= 4 is 29.2 Å². The highest BCUT2D eigenvalue weighted by molar-refractivity contribution is 14.1. The molecule has 0 unspecified atom stereocenters. The third-order valence-corrected chi connectivity index (χ3v) is 0.699. The molecule has 0 spiro atoms. The van der Waals surface area contributed by atoms with Crippen molar-refractivity contribution in [3.8, 4) is 0 Å². The SMILES string of the molecule is IN1[C+]=NN=N1. The van der Waals surface area contributed by atoms with E-state index < -0.39 is 0 Å². The van der Waals surface area contributed by atoms with Crippen molar-refractivity contribution in [3.05, 3.63) is 0 Å². The minimum atomic E-state index is 1.37. The minimum absolute atomic E-state index is 1.37. The molecule has 0 radical (unpaired) electrons. The highest BCUT2D eigenvalue weighted by Gasteiger charge is 2.12. The first kappa shape index (κ1) is 3.89. The Bertz CT molecular complexity index is 83.7. The summed E-state index contributed by atoms with van der Waals surface area (Å²) in [6, 6.07) is 0. The molecule has 1 aliphatic heterocycles. The van der Waals surface area contributed by atoms with Crippen LogP contribution in [0.2, 0.25) is 0 Å². The van der Waals surface area contributed by atoms with Crippen molar-refractivity contribution in [2.45, 2.75) is 0 Å². The van der Waals surface area contributed by atoms with Crippen LogP contribution >= 0.6 is 22.9 Å². The molecule has 0 amide bonds. The molecule has 6 heavy (non-hydrogen) atoms. The lowest BCUT2D eigenvalue weighted by Crippen LogP contribution is -1.89.